The van der Waals surface area contributed by atoms with E-state index in [1.54, 1.807) is 24.3 Å². The summed E-state index contributed by atoms with van der Waals surface area (Å²) in [4.78, 5) is 23.3. The van der Waals surface area contributed by atoms with Gasteiger partial charge in [0, 0.05) is 21.8 Å². The molecule has 0 saturated carbocycles. The molecule has 0 heterocycles. The molecule has 24 heavy (non-hydrogen) atoms. The van der Waals surface area contributed by atoms with Crippen molar-refractivity contribution in [3.63, 3.8) is 0 Å². The zero-order chi connectivity index (χ0) is 17.5. The second kappa shape index (κ2) is 8.40. The Kier molecular flexibility index (Phi) is 6.26. The van der Waals surface area contributed by atoms with Crippen molar-refractivity contribution >= 4 is 39.6 Å². The Balaban J connectivity index is 1.84. The molecule has 0 aliphatic heterocycles. The molecule has 0 saturated heterocycles. The number of benzene rings is 2. The van der Waals surface area contributed by atoms with E-state index in [-0.39, 0.29) is 5.56 Å². The van der Waals surface area contributed by atoms with E-state index < -0.39 is 24.3 Å². The van der Waals surface area contributed by atoms with Crippen LogP contribution in [0.15, 0.2) is 53.0 Å². The maximum absolute atomic E-state index is 13.4. The molecule has 0 bridgehead atoms. The summed E-state index contributed by atoms with van der Waals surface area (Å²) in [5.74, 6) is -1.62. The average molecular weight is 392 g/mol. The Morgan fingerprint density at radius 1 is 1.25 bits per heavy atom. The Hall–Kier alpha value is -2.47. The average Bonchev–Trinajstić information content (AvgIpc) is 2.55. The molecule has 1 amide bonds. The van der Waals surface area contributed by atoms with E-state index in [2.05, 4.69) is 21.2 Å². The summed E-state index contributed by atoms with van der Waals surface area (Å²) in [6.45, 7) is 1.51. The molecular weight excluding hydrogens is 377 g/mol. The molecule has 2 aromatic rings. The molecule has 0 unspecified atom stereocenters. The highest BCUT2D eigenvalue weighted by molar-refractivity contribution is 9.10. The summed E-state index contributed by atoms with van der Waals surface area (Å²) in [6, 6.07) is 11.4. The van der Waals surface area contributed by atoms with Crippen molar-refractivity contribution < 1.29 is 18.7 Å². The lowest BCUT2D eigenvalue weighted by Gasteiger charge is -2.07. The quantitative estimate of drug-likeness (QED) is 0.616. The van der Waals surface area contributed by atoms with Crippen molar-refractivity contribution in [2.75, 3.05) is 11.9 Å². The highest BCUT2D eigenvalue weighted by atomic mass is 79.9. The van der Waals surface area contributed by atoms with Gasteiger partial charge in [-0.15, -0.1) is 0 Å². The number of hydrogen-bond donors (Lipinski definition) is 1. The Labute approximate surface area is 147 Å². The van der Waals surface area contributed by atoms with Gasteiger partial charge < -0.3 is 10.1 Å². The molecule has 0 aliphatic carbocycles. The molecule has 4 nitrogen and oxygen atoms in total. The van der Waals surface area contributed by atoms with Crippen molar-refractivity contribution in [1.82, 2.24) is 0 Å². The topological polar surface area (TPSA) is 55.4 Å². The Bertz CT molecular complexity index is 790. The van der Waals surface area contributed by atoms with Crippen molar-refractivity contribution in [3.8, 4) is 0 Å². The van der Waals surface area contributed by atoms with E-state index in [4.69, 9.17) is 4.74 Å². The van der Waals surface area contributed by atoms with Crippen LogP contribution >= 0.6 is 15.9 Å². The second-order valence-corrected chi connectivity index (χ2v) is 5.83. The van der Waals surface area contributed by atoms with Gasteiger partial charge in [-0.3, -0.25) is 4.79 Å². The van der Waals surface area contributed by atoms with Crippen molar-refractivity contribution in [3.05, 3.63) is 70.0 Å². The molecule has 2 aromatic carbocycles. The first-order valence-electron chi connectivity index (χ1n) is 7.11. The summed E-state index contributed by atoms with van der Waals surface area (Å²) in [7, 11) is 0. The van der Waals surface area contributed by atoms with Crippen LogP contribution in [-0.4, -0.2) is 18.5 Å². The maximum atomic E-state index is 13.4. The van der Waals surface area contributed by atoms with Gasteiger partial charge in [-0.05, 0) is 36.8 Å². The van der Waals surface area contributed by atoms with Gasteiger partial charge in [0.25, 0.3) is 5.91 Å². The molecular formula is C18H15BrFNO3. The van der Waals surface area contributed by atoms with E-state index in [1.807, 2.05) is 13.0 Å². The third-order valence-corrected chi connectivity index (χ3v) is 3.96. The molecule has 2 rings (SSSR count). The number of carbonyl (C=O) groups excluding carboxylic acids is 2. The van der Waals surface area contributed by atoms with Crippen molar-refractivity contribution in [1.29, 1.82) is 0 Å². The predicted octanol–water partition coefficient (Wildman–Crippen LogP) is 4.09. The SMILES string of the molecule is Cc1ccc(NC(=O)COC(=O)/C=C/c2ccccc2F)cc1Br. The van der Waals surface area contributed by atoms with Crippen LogP contribution in [0.1, 0.15) is 11.1 Å². The van der Waals surface area contributed by atoms with E-state index in [0.717, 1.165) is 16.1 Å². The number of anilines is 1. The number of amides is 1. The van der Waals surface area contributed by atoms with Gasteiger partial charge >= 0.3 is 5.97 Å². The number of esters is 1. The minimum absolute atomic E-state index is 0.267. The van der Waals surface area contributed by atoms with E-state index in [1.165, 1.54) is 18.2 Å². The van der Waals surface area contributed by atoms with Crippen LogP contribution in [0.25, 0.3) is 6.08 Å². The van der Waals surface area contributed by atoms with Gasteiger partial charge in [0.1, 0.15) is 5.82 Å². The first-order valence-corrected chi connectivity index (χ1v) is 7.90. The Morgan fingerprint density at radius 3 is 2.71 bits per heavy atom. The predicted molar refractivity (Wildman–Crippen MR) is 93.9 cm³/mol. The molecule has 0 atom stereocenters. The van der Waals surface area contributed by atoms with Crippen LogP contribution in [0.5, 0.6) is 0 Å². The lowest BCUT2D eigenvalue weighted by atomic mass is 10.2. The minimum atomic E-state index is -0.724. The summed E-state index contributed by atoms with van der Waals surface area (Å²) >= 11 is 3.37. The van der Waals surface area contributed by atoms with Gasteiger partial charge in [-0.2, -0.15) is 0 Å². The fourth-order valence-electron chi connectivity index (χ4n) is 1.82. The van der Waals surface area contributed by atoms with Crippen LogP contribution in [0.4, 0.5) is 10.1 Å². The number of aryl methyl sites for hydroxylation is 1. The van der Waals surface area contributed by atoms with Gasteiger partial charge in [-0.25, -0.2) is 9.18 Å². The van der Waals surface area contributed by atoms with E-state index >= 15 is 0 Å². The summed E-state index contributed by atoms with van der Waals surface area (Å²) in [5.41, 5.74) is 1.90. The molecule has 0 aromatic heterocycles. The first-order chi connectivity index (χ1) is 11.5. The number of nitrogens with one attached hydrogen (secondary N) is 1. The lowest BCUT2D eigenvalue weighted by molar-refractivity contribution is -0.142. The number of ether oxygens (including phenoxy) is 1. The highest BCUT2D eigenvalue weighted by Gasteiger charge is 2.07. The van der Waals surface area contributed by atoms with Gasteiger partial charge in [0.05, 0.1) is 0 Å². The summed E-state index contributed by atoms with van der Waals surface area (Å²) in [6.07, 6.45) is 2.38. The van der Waals surface area contributed by atoms with Crippen LogP contribution < -0.4 is 5.32 Å². The molecule has 0 radical (unpaired) electrons. The molecule has 124 valence electrons. The number of halogens is 2. The maximum Gasteiger partial charge on any atom is 0.331 e. The molecule has 1 N–H and O–H groups in total. The molecule has 0 spiro atoms. The van der Waals surface area contributed by atoms with Gasteiger partial charge in [-0.1, -0.05) is 40.2 Å². The first kappa shape index (κ1) is 17.9. The molecule has 0 aliphatic rings. The monoisotopic (exact) mass is 391 g/mol. The largest absolute Gasteiger partial charge is 0.452 e. The lowest BCUT2D eigenvalue weighted by Crippen LogP contribution is -2.20. The zero-order valence-corrected chi connectivity index (χ0v) is 14.5. The van der Waals surface area contributed by atoms with Crippen LogP contribution in [0.3, 0.4) is 0 Å². The minimum Gasteiger partial charge on any atom is -0.452 e. The Morgan fingerprint density at radius 2 is 2.00 bits per heavy atom. The third kappa shape index (κ3) is 5.31. The zero-order valence-electron chi connectivity index (χ0n) is 12.9. The van der Waals surface area contributed by atoms with Crippen LogP contribution in [0.2, 0.25) is 0 Å². The van der Waals surface area contributed by atoms with E-state index in [9.17, 15) is 14.0 Å². The third-order valence-electron chi connectivity index (χ3n) is 3.11. The molecule has 6 heteroatoms. The number of carbonyl (C=O) groups is 2. The van der Waals surface area contributed by atoms with Gasteiger partial charge in [0.2, 0.25) is 0 Å². The number of hydrogen-bond acceptors (Lipinski definition) is 3. The van der Waals surface area contributed by atoms with E-state index in [0.29, 0.717) is 5.69 Å². The standard InChI is InChI=1S/C18H15BrFNO3/c1-12-6-8-14(10-15(12)19)21-17(22)11-24-18(23)9-7-13-4-2-3-5-16(13)20/h2-10H,11H2,1H3,(H,21,22)/b9-7+. The summed E-state index contributed by atoms with van der Waals surface area (Å²) < 4.78 is 19.1. The summed E-state index contributed by atoms with van der Waals surface area (Å²) in [5, 5.41) is 2.62. The fraction of sp³-hybridized carbons (Fsp3) is 0.111. The highest BCUT2D eigenvalue weighted by Crippen LogP contribution is 2.20. The van der Waals surface area contributed by atoms with Crippen LogP contribution in [-0.2, 0) is 14.3 Å². The smallest absolute Gasteiger partial charge is 0.331 e. The van der Waals surface area contributed by atoms with Gasteiger partial charge in [0.15, 0.2) is 6.61 Å². The second-order valence-electron chi connectivity index (χ2n) is 4.97. The van der Waals surface area contributed by atoms with Crippen LogP contribution in [0, 0.1) is 12.7 Å². The fourth-order valence-corrected chi connectivity index (χ4v) is 2.20. The number of rotatable bonds is 5. The normalized spacial score (nSPS) is 10.6. The van der Waals surface area contributed by atoms with Crippen molar-refractivity contribution in [2.45, 2.75) is 6.92 Å². The van der Waals surface area contributed by atoms with Crippen molar-refractivity contribution in [2.24, 2.45) is 0 Å². The molecule has 0 fully saturated rings.